The van der Waals surface area contributed by atoms with Gasteiger partial charge in [0, 0.05) is 24.0 Å². The van der Waals surface area contributed by atoms with E-state index in [1.54, 1.807) is 19.1 Å². The fourth-order valence-corrected chi connectivity index (χ4v) is 2.36. The molecule has 0 aliphatic heterocycles. The Labute approximate surface area is 172 Å². The molecule has 10 heteroatoms. The number of alkyl halides is 3. The van der Waals surface area contributed by atoms with Gasteiger partial charge in [0.15, 0.2) is 0 Å². The number of anilines is 2. The van der Waals surface area contributed by atoms with Crippen LogP contribution in [-0.4, -0.2) is 31.6 Å². The molecule has 0 saturated carbocycles. The zero-order valence-corrected chi connectivity index (χ0v) is 16.5. The monoisotopic (exact) mass is 431 g/mol. The van der Waals surface area contributed by atoms with Crippen LogP contribution in [0.15, 0.2) is 42.5 Å². The fraction of sp³-hybridized carbons (Fsp3) is 0.263. The van der Waals surface area contributed by atoms with Gasteiger partial charge in [0.25, 0.3) is 5.91 Å². The van der Waals surface area contributed by atoms with Crippen LogP contribution in [0.3, 0.4) is 0 Å². The number of nitrogens with two attached hydrogens (primary N) is 1. The first kappa shape index (κ1) is 24.4. The third-order valence-electron chi connectivity index (χ3n) is 3.89. The van der Waals surface area contributed by atoms with Crippen molar-refractivity contribution in [2.24, 2.45) is 5.73 Å². The number of ether oxygens (including phenoxy) is 1. The van der Waals surface area contributed by atoms with Crippen LogP contribution in [-0.2, 0) is 15.7 Å². The molecule has 0 radical (unpaired) electrons. The molecule has 158 valence electrons. The SMILES string of the molecule is COCC(N)C(=O)Nc1cc(NC(=O)c2cccc(C(F)(F)F)c2)ccc1C.Cl. The Morgan fingerprint density at radius 2 is 1.83 bits per heavy atom. The summed E-state index contributed by atoms with van der Waals surface area (Å²) in [6, 6.07) is 7.97. The molecule has 0 bridgehead atoms. The highest BCUT2D eigenvalue weighted by Gasteiger charge is 2.30. The van der Waals surface area contributed by atoms with Crippen LogP contribution in [0.2, 0.25) is 0 Å². The van der Waals surface area contributed by atoms with Gasteiger partial charge in [-0.2, -0.15) is 13.2 Å². The summed E-state index contributed by atoms with van der Waals surface area (Å²) in [7, 11) is 1.42. The number of methoxy groups -OCH3 is 1. The molecule has 1 atom stereocenters. The Kier molecular flexibility index (Phi) is 8.62. The van der Waals surface area contributed by atoms with Crippen LogP contribution in [0.5, 0.6) is 0 Å². The Morgan fingerprint density at radius 3 is 2.45 bits per heavy atom. The predicted octanol–water partition coefficient (Wildman–Crippen LogP) is 3.60. The van der Waals surface area contributed by atoms with Gasteiger partial charge in [0.2, 0.25) is 5.91 Å². The molecule has 2 aromatic rings. The molecule has 2 amide bonds. The summed E-state index contributed by atoms with van der Waals surface area (Å²) in [6.45, 7) is 1.78. The van der Waals surface area contributed by atoms with E-state index in [1.807, 2.05) is 0 Å². The van der Waals surface area contributed by atoms with Crippen LogP contribution in [0.25, 0.3) is 0 Å². The van der Waals surface area contributed by atoms with Gasteiger partial charge in [0.05, 0.1) is 12.2 Å². The van der Waals surface area contributed by atoms with E-state index >= 15 is 0 Å². The molecule has 0 heterocycles. The van der Waals surface area contributed by atoms with E-state index in [1.165, 1.54) is 19.2 Å². The van der Waals surface area contributed by atoms with Gasteiger partial charge in [0.1, 0.15) is 6.04 Å². The molecular weight excluding hydrogens is 411 g/mol. The van der Waals surface area contributed by atoms with Crippen LogP contribution in [0.4, 0.5) is 24.5 Å². The van der Waals surface area contributed by atoms with E-state index in [9.17, 15) is 22.8 Å². The van der Waals surface area contributed by atoms with Gasteiger partial charge < -0.3 is 21.1 Å². The number of amides is 2. The van der Waals surface area contributed by atoms with Crippen molar-refractivity contribution in [2.75, 3.05) is 24.4 Å². The van der Waals surface area contributed by atoms with Crippen molar-refractivity contribution in [2.45, 2.75) is 19.1 Å². The second-order valence-electron chi connectivity index (χ2n) is 6.11. The Hall–Kier alpha value is -2.62. The minimum atomic E-state index is -4.54. The largest absolute Gasteiger partial charge is 0.416 e. The third kappa shape index (κ3) is 6.74. The maximum Gasteiger partial charge on any atom is 0.416 e. The first-order valence-electron chi connectivity index (χ1n) is 8.26. The van der Waals surface area contributed by atoms with E-state index in [2.05, 4.69) is 10.6 Å². The van der Waals surface area contributed by atoms with Crippen molar-refractivity contribution in [1.29, 1.82) is 0 Å². The number of aryl methyl sites for hydroxylation is 1. The van der Waals surface area contributed by atoms with Gasteiger partial charge in [-0.15, -0.1) is 12.4 Å². The molecule has 0 aromatic heterocycles. The molecular formula is C19H21ClF3N3O3. The molecule has 29 heavy (non-hydrogen) atoms. The molecule has 6 nitrogen and oxygen atoms in total. The topological polar surface area (TPSA) is 93.4 Å². The standard InChI is InChI=1S/C19H20F3N3O3.ClH/c1-11-6-7-14(9-16(11)25-18(27)15(23)10-28-2)24-17(26)12-4-3-5-13(8-12)19(20,21)22;/h3-9,15H,10,23H2,1-2H3,(H,24,26)(H,25,27);1H. The third-order valence-corrected chi connectivity index (χ3v) is 3.89. The van der Waals surface area contributed by atoms with E-state index < -0.39 is 29.6 Å². The molecule has 0 fully saturated rings. The number of carbonyl (C=O) groups excluding carboxylic acids is 2. The Balaban J connectivity index is 0.00000420. The lowest BCUT2D eigenvalue weighted by Crippen LogP contribution is -2.39. The molecule has 1 unspecified atom stereocenters. The van der Waals surface area contributed by atoms with Crippen LogP contribution >= 0.6 is 12.4 Å². The van der Waals surface area contributed by atoms with Gasteiger partial charge in [-0.1, -0.05) is 12.1 Å². The van der Waals surface area contributed by atoms with E-state index in [4.69, 9.17) is 10.5 Å². The summed E-state index contributed by atoms with van der Waals surface area (Å²) < 4.78 is 43.2. The zero-order valence-electron chi connectivity index (χ0n) is 15.7. The summed E-state index contributed by atoms with van der Waals surface area (Å²) in [5, 5.41) is 5.15. The quantitative estimate of drug-likeness (QED) is 0.651. The molecule has 0 aliphatic carbocycles. The average molecular weight is 432 g/mol. The highest BCUT2D eigenvalue weighted by molar-refractivity contribution is 6.05. The number of rotatable bonds is 6. The Bertz CT molecular complexity index is 875. The predicted molar refractivity (Wildman–Crippen MR) is 106 cm³/mol. The van der Waals surface area contributed by atoms with Gasteiger partial charge in [-0.05, 0) is 42.8 Å². The summed E-state index contributed by atoms with van der Waals surface area (Å²) in [6.07, 6.45) is -4.54. The molecule has 0 spiro atoms. The number of hydrogen-bond acceptors (Lipinski definition) is 4. The van der Waals surface area contributed by atoms with Crippen LogP contribution in [0.1, 0.15) is 21.5 Å². The maximum absolute atomic E-state index is 12.8. The van der Waals surface area contributed by atoms with Crippen LogP contribution < -0.4 is 16.4 Å². The smallest absolute Gasteiger partial charge is 0.383 e. The lowest BCUT2D eigenvalue weighted by molar-refractivity contribution is -0.137. The summed E-state index contributed by atoms with van der Waals surface area (Å²) in [5.41, 5.74) is 6.06. The first-order valence-corrected chi connectivity index (χ1v) is 8.26. The van der Waals surface area contributed by atoms with Crippen LogP contribution in [0, 0.1) is 6.92 Å². The molecule has 0 saturated heterocycles. The normalized spacial score (nSPS) is 11.9. The van der Waals surface area contributed by atoms with Crippen molar-refractivity contribution in [3.8, 4) is 0 Å². The molecule has 0 aliphatic rings. The fourth-order valence-electron chi connectivity index (χ4n) is 2.36. The molecule has 4 N–H and O–H groups in total. The summed E-state index contributed by atoms with van der Waals surface area (Å²) in [5.74, 6) is -1.17. The number of benzene rings is 2. The summed E-state index contributed by atoms with van der Waals surface area (Å²) in [4.78, 5) is 24.3. The minimum Gasteiger partial charge on any atom is -0.383 e. The molecule has 2 aromatic carbocycles. The number of halogens is 4. The average Bonchev–Trinajstić information content (AvgIpc) is 2.64. The van der Waals surface area contributed by atoms with E-state index in [0.29, 0.717) is 11.4 Å². The second kappa shape index (κ2) is 10.2. The lowest BCUT2D eigenvalue weighted by atomic mass is 10.1. The van der Waals surface area contributed by atoms with Crippen molar-refractivity contribution >= 4 is 35.6 Å². The summed E-state index contributed by atoms with van der Waals surface area (Å²) >= 11 is 0. The van der Waals surface area contributed by atoms with E-state index in [-0.39, 0.29) is 24.6 Å². The number of hydrogen-bond donors (Lipinski definition) is 3. The molecule has 2 rings (SSSR count). The highest BCUT2D eigenvalue weighted by Crippen LogP contribution is 2.29. The van der Waals surface area contributed by atoms with Crippen molar-refractivity contribution in [1.82, 2.24) is 0 Å². The minimum absolute atomic E-state index is 0. The zero-order chi connectivity index (χ0) is 20.9. The van der Waals surface area contributed by atoms with Gasteiger partial charge >= 0.3 is 6.18 Å². The Morgan fingerprint density at radius 1 is 1.14 bits per heavy atom. The number of nitrogens with one attached hydrogen (secondary N) is 2. The van der Waals surface area contributed by atoms with Crippen molar-refractivity contribution < 1.29 is 27.5 Å². The lowest BCUT2D eigenvalue weighted by Gasteiger charge is -2.15. The maximum atomic E-state index is 12.8. The number of carbonyl (C=O) groups is 2. The highest BCUT2D eigenvalue weighted by atomic mass is 35.5. The second-order valence-corrected chi connectivity index (χ2v) is 6.11. The van der Waals surface area contributed by atoms with Gasteiger partial charge in [-0.3, -0.25) is 9.59 Å². The van der Waals surface area contributed by atoms with Crippen molar-refractivity contribution in [3.63, 3.8) is 0 Å². The van der Waals surface area contributed by atoms with E-state index in [0.717, 1.165) is 23.8 Å². The first-order chi connectivity index (χ1) is 13.1. The van der Waals surface area contributed by atoms with Crippen molar-refractivity contribution in [3.05, 3.63) is 59.2 Å². The van der Waals surface area contributed by atoms with Gasteiger partial charge in [-0.25, -0.2) is 0 Å².